The van der Waals surface area contributed by atoms with Gasteiger partial charge in [0.05, 0.1) is 11.1 Å². The Morgan fingerprint density at radius 1 is 1.23 bits per heavy atom. The minimum absolute atomic E-state index is 0.194. The summed E-state index contributed by atoms with van der Waals surface area (Å²) in [4.78, 5) is 32.5. The molecule has 0 aliphatic carbocycles. The van der Waals surface area contributed by atoms with Gasteiger partial charge in [-0.05, 0) is 44.0 Å². The Balaban J connectivity index is 1.79. The summed E-state index contributed by atoms with van der Waals surface area (Å²) >= 11 is 7.77. The fraction of sp³-hybridized carbons (Fsp3) is 0.273. The van der Waals surface area contributed by atoms with Gasteiger partial charge in [-0.25, -0.2) is 9.67 Å². The number of hydrogen-bond donors (Lipinski definition) is 0. The van der Waals surface area contributed by atoms with Gasteiger partial charge in [-0.15, -0.1) is 0 Å². The largest absolute Gasteiger partial charge is 0.286 e. The average Bonchev–Trinajstić information content (AvgIpc) is 2.77. The first kappa shape index (κ1) is 20.6. The van der Waals surface area contributed by atoms with Crippen molar-refractivity contribution >= 4 is 50.9 Å². The Morgan fingerprint density at radius 3 is 2.73 bits per heavy atom. The number of carbonyl (C=O) groups excluding carboxylic acids is 1. The Labute approximate surface area is 183 Å². The van der Waals surface area contributed by atoms with Crippen molar-refractivity contribution in [1.82, 2.24) is 14.7 Å². The van der Waals surface area contributed by atoms with E-state index in [0.717, 1.165) is 17.7 Å². The van der Waals surface area contributed by atoms with Gasteiger partial charge in [0.1, 0.15) is 0 Å². The number of aliphatic imine (C=N–C) groups is 1. The Bertz CT molecular complexity index is 1220. The van der Waals surface area contributed by atoms with E-state index in [4.69, 9.17) is 16.6 Å². The summed E-state index contributed by atoms with van der Waals surface area (Å²) in [6.07, 6.45) is 0.857. The zero-order valence-electron chi connectivity index (χ0n) is 16.8. The number of carbonyl (C=O) groups is 1. The monoisotopic (exact) mass is 440 g/mol. The fourth-order valence-electron chi connectivity index (χ4n) is 3.34. The van der Waals surface area contributed by atoms with Crippen LogP contribution in [0.5, 0.6) is 0 Å². The van der Waals surface area contributed by atoms with E-state index in [0.29, 0.717) is 39.7 Å². The van der Waals surface area contributed by atoms with E-state index in [1.54, 1.807) is 29.2 Å². The number of amidine groups is 1. The van der Waals surface area contributed by atoms with E-state index in [1.165, 1.54) is 16.4 Å². The summed E-state index contributed by atoms with van der Waals surface area (Å²) in [5.74, 6) is 0.628. The quantitative estimate of drug-likeness (QED) is 0.594. The summed E-state index contributed by atoms with van der Waals surface area (Å²) in [7, 11) is 0. The first-order valence-corrected chi connectivity index (χ1v) is 11.2. The predicted molar refractivity (Wildman–Crippen MR) is 123 cm³/mol. The number of fused-ring (bicyclic) bond motifs is 1. The molecule has 1 saturated heterocycles. The Kier molecular flexibility index (Phi) is 5.92. The summed E-state index contributed by atoms with van der Waals surface area (Å²) in [5, 5.41) is 6.70. The maximum atomic E-state index is 13.5. The lowest BCUT2D eigenvalue weighted by Crippen LogP contribution is -2.40. The van der Waals surface area contributed by atoms with Crippen molar-refractivity contribution in [2.24, 2.45) is 4.99 Å². The smallest absolute Gasteiger partial charge is 0.280 e. The molecule has 2 heterocycles. The highest BCUT2D eigenvalue weighted by atomic mass is 35.5. The maximum absolute atomic E-state index is 13.5. The van der Waals surface area contributed by atoms with E-state index < -0.39 is 0 Å². The number of hydrogen-bond acceptors (Lipinski definition) is 5. The molecule has 2 aromatic carbocycles. The molecule has 1 aliphatic rings. The summed E-state index contributed by atoms with van der Waals surface area (Å²) in [6.45, 7) is 4.71. The second-order valence-corrected chi connectivity index (χ2v) is 8.47. The van der Waals surface area contributed by atoms with Crippen LogP contribution in [-0.4, -0.2) is 38.1 Å². The molecule has 1 aromatic heterocycles. The molecule has 154 valence electrons. The minimum atomic E-state index is -0.252. The number of aromatic nitrogens is 2. The van der Waals surface area contributed by atoms with Crippen LogP contribution in [0.15, 0.2) is 52.3 Å². The second kappa shape index (κ2) is 8.62. The first-order valence-electron chi connectivity index (χ1n) is 9.79. The van der Waals surface area contributed by atoms with E-state index in [-0.39, 0.29) is 17.2 Å². The van der Waals surface area contributed by atoms with E-state index in [9.17, 15) is 9.59 Å². The van der Waals surface area contributed by atoms with E-state index in [1.807, 2.05) is 32.0 Å². The lowest BCUT2D eigenvalue weighted by Gasteiger charge is -2.28. The molecule has 0 spiro atoms. The minimum Gasteiger partial charge on any atom is -0.286 e. The van der Waals surface area contributed by atoms with Gasteiger partial charge in [0.25, 0.3) is 11.5 Å². The first-order chi connectivity index (χ1) is 14.5. The van der Waals surface area contributed by atoms with Crippen LogP contribution in [0.1, 0.15) is 29.4 Å². The molecule has 0 saturated carbocycles. The third kappa shape index (κ3) is 3.87. The summed E-state index contributed by atoms with van der Waals surface area (Å²) in [5.41, 5.74) is 1.75. The number of thioether (sulfide) groups is 1. The van der Waals surface area contributed by atoms with Crippen molar-refractivity contribution in [2.75, 3.05) is 12.3 Å². The van der Waals surface area contributed by atoms with Crippen molar-refractivity contribution in [2.45, 2.75) is 26.8 Å². The molecule has 30 heavy (non-hydrogen) atoms. The van der Waals surface area contributed by atoms with Crippen LogP contribution in [0, 0.1) is 6.92 Å². The second-order valence-electron chi connectivity index (χ2n) is 7.00. The zero-order chi connectivity index (χ0) is 21.3. The average molecular weight is 441 g/mol. The van der Waals surface area contributed by atoms with Gasteiger partial charge in [-0.3, -0.25) is 14.5 Å². The topological polar surface area (TPSA) is 67.6 Å². The number of aryl methyl sites for hydroxylation is 2. The highest BCUT2D eigenvalue weighted by molar-refractivity contribution is 8.13. The number of nitrogens with zero attached hydrogens (tertiary/aromatic N) is 4. The third-order valence-electron chi connectivity index (χ3n) is 4.98. The fourth-order valence-corrected chi connectivity index (χ4v) is 4.47. The summed E-state index contributed by atoms with van der Waals surface area (Å²) in [6, 6.07) is 12.7. The zero-order valence-corrected chi connectivity index (χ0v) is 18.3. The number of benzene rings is 2. The Hall–Kier alpha value is -2.64. The number of rotatable bonds is 3. The Morgan fingerprint density at radius 2 is 2.00 bits per heavy atom. The third-order valence-corrected chi connectivity index (χ3v) is 6.45. The van der Waals surface area contributed by atoms with Crippen molar-refractivity contribution in [1.29, 1.82) is 0 Å². The number of amides is 1. The molecule has 1 aliphatic heterocycles. The van der Waals surface area contributed by atoms with Crippen molar-refractivity contribution in [3.8, 4) is 0 Å². The predicted octanol–water partition coefficient (Wildman–Crippen LogP) is 4.65. The molecular weight excluding hydrogens is 420 g/mol. The van der Waals surface area contributed by atoms with E-state index in [2.05, 4.69) is 5.10 Å². The van der Waals surface area contributed by atoms with E-state index >= 15 is 0 Å². The van der Waals surface area contributed by atoms with Crippen LogP contribution in [0.3, 0.4) is 0 Å². The molecule has 0 N–H and O–H groups in total. The van der Waals surface area contributed by atoms with Gasteiger partial charge >= 0.3 is 0 Å². The standard InChI is InChI=1S/C22H21ClN4O2S/c1-3-27-20(28)17-8-5-4-7-16(17)19(25-27)21(29)26-11-6-12-30-22(26)24-15-10-9-14(2)18(23)13-15/h4-5,7-10,13H,3,6,11-12H2,1-2H3. The van der Waals surface area contributed by atoms with Crippen molar-refractivity contribution < 1.29 is 4.79 Å². The molecule has 0 unspecified atom stereocenters. The normalized spacial score (nSPS) is 15.7. The van der Waals surface area contributed by atoms with Crippen LogP contribution >= 0.6 is 23.4 Å². The highest BCUT2D eigenvalue weighted by Gasteiger charge is 2.28. The highest BCUT2D eigenvalue weighted by Crippen LogP contribution is 2.27. The molecule has 0 radical (unpaired) electrons. The molecule has 6 nitrogen and oxygen atoms in total. The molecule has 0 atom stereocenters. The molecule has 8 heteroatoms. The SMILES string of the molecule is CCn1nc(C(=O)N2CCCSC2=Nc2ccc(C)c(Cl)c2)c2ccccc2c1=O. The molecule has 0 bridgehead atoms. The lowest BCUT2D eigenvalue weighted by molar-refractivity contribution is 0.0843. The molecule has 1 fully saturated rings. The van der Waals surface area contributed by atoms with Crippen LogP contribution in [0.4, 0.5) is 5.69 Å². The molecule has 3 aromatic rings. The summed E-state index contributed by atoms with van der Waals surface area (Å²) < 4.78 is 1.34. The van der Waals surface area contributed by atoms with Crippen LogP contribution < -0.4 is 5.56 Å². The maximum Gasteiger partial charge on any atom is 0.280 e. The van der Waals surface area contributed by atoms with Crippen LogP contribution in [-0.2, 0) is 6.54 Å². The molecule has 4 rings (SSSR count). The van der Waals surface area contributed by atoms with Gasteiger partial charge in [0.2, 0.25) is 0 Å². The van der Waals surface area contributed by atoms with Crippen LogP contribution in [0.25, 0.3) is 10.8 Å². The number of halogens is 1. The van der Waals surface area contributed by atoms with Crippen LogP contribution in [0.2, 0.25) is 5.02 Å². The van der Waals surface area contributed by atoms with Crippen molar-refractivity contribution in [3.05, 3.63) is 69.1 Å². The van der Waals surface area contributed by atoms with Gasteiger partial charge < -0.3 is 0 Å². The van der Waals surface area contributed by atoms with Gasteiger partial charge in [0, 0.05) is 29.3 Å². The van der Waals surface area contributed by atoms with Crippen molar-refractivity contribution in [3.63, 3.8) is 0 Å². The van der Waals surface area contributed by atoms with Gasteiger partial charge in [0.15, 0.2) is 10.9 Å². The molecule has 1 amide bonds. The lowest BCUT2D eigenvalue weighted by atomic mass is 10.1. The van der Waals surface area contributed by atoms with Gasteiger partial charge in [-0.1, -0.05) is 47.6 Å². The molecular formula is C22H21ClN4O2S. The van der Waals surface area contributed by atoms with Gasteiger partial charge in [-0.2, -0.15) is 5.10 Å².